The lowest BCUT2D eigenvalue weighted by Crippen LogP contribution is -2.24. The third-order valence-electron chi connectivity index (χ3n) is 3.97. The van der Waals surface area contributed by atoms with E-state index in [-0.39, 0.29) is 11.7 Å². The van der Waals surface area contributed by atoms with Gasteiger partial charge < -0.3 is 20.5 Å². The lowest BCUT2D eigenvalue weighted by molar-refractivity contribution is 0.0951. The molecule has 6 heteroatoms. The van der Waals surface area contributed by atoms with Gasteiger partial charge in [-0.1, -0.05) is 24.3 Å². The molecular weight excluding hydrogens is 342 g/mol. The summed E-state index contributed by atoms with van der Waals surface area (Å²) in [6, 6.07) is 18.6. The molecule has 0 spiro atoms. The number of nitrogen functional groups attached to an aromatic ring is 1. The number of hydrogen-bond donors (Lipinski definition) is 2. The maximum Gasteiger partial charge on any atom is 0.255 e. The molecule has 0 aliphatic heterocycles. The van der Waals surface area contributed by atoms with Gasteiger partial charge in [-0.15, -0.1) is 0 Å². The second-order valence-corrected chi connectivity index (χ2v) is 5.91. The second kappa shape index (κ2) is 8.71. The first-order valence-corrected chi connectivity index (χ1v) is 8.49. The molecule has 0 radical (unpaired) electrons. The summed E-state index contributed by atoms with van der Waals surface area (Å²) in [4.78, 5) is 16.1. The van der Waals surface area contributed by atoms with Crippen molar-refractivity contribution in [2.24, 2.45) is 0 Å². The molecule has 1 amide bonds. The summed E-state index contributed by atoms with van der Waals surface area (Å²) >= 11 is 0. The average molecular weight is 363 g/mol. The number of carbonyl (C=O) groups excluding carboxylic acids is 1. The second-order valence-electron chi connectivity index (χ2n) is 5.91. The molecule has 0 fully saturated rings. The molecule has 138 valence electrons. The number of methoxy groups -OCH3 is 1. The highest BCUT2D eigenvalue weighted by atomic mass is 16.5. The van der Waals surface area contributed by atoms with E-state index in [9.17, 15) is 4.79 Å². The summed E-state index contributed by atoms with van der Waals surface area (Å²) in [5.41, 5.74) is 8.03. The molecular formula is C21H21N3O3. The number of aromatic nitrogens is 1. The zero-order valence-corrected chi connectivity index (χ0v) is 15.0. The van der Waals surface area contributed by atoms with Gasteiger partial charge in [-0.3, -0.25) is 4.79 Å². The van der Waals surface area contributed by atoms with Crippen molar-refractivity contribution in [2.75, 3.05) is 12.8 Å². The van der Waals surface area contributed by atoms with E-state index in [2.05, 4.69) is 10.3 Å². The normalized spacial score (nSPS) is 10.3. The van der Waals surface area contributed by atoms with Gasteiger partial charge in [-0.2, -0.15) is 0 Å². The highest BCUT2D eigenvalue weighted by Crippen LogP contribution is 2.18. The molecule has 3 N–H and O–H groups in total. The molecule has 6 nitrogen and oxygen atoms in total. The van der Waals surface area contributed by atoms with Gasteiger partial charge in [0.2, 0.25) is 0 Å². The zero-order chi connectivity index (χ0) is 19.1. The van der Waals surface area contributed by atoms with Crippen molar-refractivity contribution in [2.45, 2.75) is 13.2 Å². The third kappa shape index (κ3) is 4.98. The lowest BCUT2D eigenvalue weighted by Gasteiger charge is -2.10. The first-order valence-electron chi connectivity index (χ1n) is 8.49. The smallest absolute Gasteiger partial charge is 0.255 e. The van der Waals surface area contributed by atoms with Gasteiger partial charge >= 0.3 is 0 Å². The van der Waals surface area contributed by atoms with Crippen LogP contribution in [0, 0.1) is 0 Å². The number of nitrogens with one attached hydrogen (secondary N) is 1. The van der Waals surface area contributed by atoms with E-state index in [0.29, 0.717) is 18.7 Å². The summed E-state index contributed by atoms with van der Waals surface area (Å²) in [7, 11) is 1.64. The van der Waals surface area contributed by atoms with Crippen molar-refractivity contribution in [3.63, 3.8) is 0 Å². The molecule has 1 heterocycles. The van der Waals surface area contributed by atoms with Crippen LogP contribution in [0.15, 0.2) is 66.9 Å². The number of anilines is 1. The van der Waals surface area contributed by atoms with Gasteiger partial charge in [-0.25, -0.2) is 4.98 Å². The van der Waals surface area contributed by atoms with Crippen LogP contribution < -0.4 is 20.5 Å². The van der Waals surface area contributed by atoms with Crippen molar-refractivity contribution in [1.29, 1.82) is 0 Å². The molecule has 0 bridgehead atoms. The molecule has 3 rings (SSSR count). The maximum atomic E-state index is 12.2. The first-order chi connectivity index (χ1) is 13.2. The molecule has 0 saturated heterocycles. The molecule has 0 aliphatic carbocycles. The van der Waals surface area contributed by atoms with E-state index < -0.39 is 0 Å². The van der Waals surface area contributed by atoms with Gasteiger partial charge in [-0.05, 0) is 47.5 Å². The average Bonchev–Trinajstić information content (AvgIpc) is 2.71. The van der Waals surface area contributed by atoms with Crippen LogP contribution in [0.1, 0.15) is 21.5 Å². The number of amides is 1. The third-order valence-corrected chi connectivity index (χ3v) is 3.97. The standard InChI is InChI=1S/C21H21N3O3/c1-26-17-7-3-6-16(12-17)14-27-18-8-2-5-15(11-18)13-24-21(25)19-9-4-10-23-20(19)22/h2-12H,13-14H2,1H3,(H2,22,23)(H,24,25). The summed E-state index contributed by atoms with van der Waals surface area (Å²) in [5.74, 6) is 1.47. The Morgan fingerprint density at radius 1 is 1.04 bits per heavy atom. The van der Waals surface area contributed by atoms with Crippen LogP contribution in [0.3, 0.4) is 0 Å². The Balaban J connectivity index is 1.58. The monoisotopic (exact) mass is 363 g/mol. The Bertz CT molecular complexity index is 928. The van der Waals surface area contributed by atoms with Crippen molar-refractivity contribution >= 4 is 11.7 Å². The van der Waals surface area contributed by atoms with Gasteiger partial charge in [0.1, 0.15) is 23.9 Å². The van der Waals surface area contributed by atoms with Crippen LogP contribution in [0.5, 0.6) is 11.5 Å². The fraction of sp³-hybridized carbons (Fsp3) is 0.143. The van der Waals surface area contributed by atoms with Crippen LogP contribution in [-0.4, -0.2) is 18.0 Å². The largest absolute Gasteiger partial charge is 0.497 e. The quantitative estimate of drug-likeness (QED) is 0.673. The van der Waals surface area contributed by atoms with Crippen molar-refractivity contribution < 1.29 is 14.3 Å². The number of rotatable bonds is 7. The van der Waals surface area contributed by atoms with Gasteiger partial charge in [0, 0.05) is 12.7 Å². The maximum absolute atomic E-state index is 12.2. The number of carbonyl (C=O) groups is 1. The lowest BCUT2D eigenvalue weighted by atomic mass is 10.2. The van der Waals surface area contributed by atoms with E-state index in [4.69, 9.17) is 15.2 Å². The van der Waals surface area contributed by atoms with Gasteiger partial charge in [0.15, 0.2) is 0 Å². The number of nitrogens with zero attached hydrogens (tertiary/aromatic N) is 1. The minimum atomic E-state index is -0.261. The number of ether oxygens (including phenoxy) is 2. The van der Waals surface area contributed by atoms with E-state index in [1.54, 1.807) is 25.4 Å². The highest BCUT2D eigenvalue weighted by Gasteiger charge is 2.09. The summed E-state index contributed by atoms with van der Waals surface area (Å²) < 4.78 is 11.1. The Morgan fingerprint density at radius 3 is 2.56 bits per heavy atom. The molecule has 27 heavy (non-hydrogen) atoms. The predicted molar refractivity (Wildman–Crippen MR) is 104 cm³/mol. The molecule has 0 saturated carbocycles. The van der Waals surface area contributed by atoms with Gasteiger partial charge in [0.05, 0.1) is 12.7 Å². The molecule has 0 aliphatic rings. The van der Waals surface area contributed by atoms with Crippen LogP contribution in [-0.2, 0) is 13.2 Å². The van der Waals surface area contributed by atoms with Crippen LogP contribution >= 0.6 is 0 Å². The Hall–Kier alpha value is -3.54. The van der Waals surface area contributed by atoms with Crippen molar-refractivity contribution in [3.05, 3.63) is 83.6 Å². The van der Waals surface area contributed by atoms with Gasteiger partial charge in [0.25, 0.3) is 5.91 Å². The van der Waals surface area contributed by atoms with E-state index in [1.807, 2.05) is 48.5 Å². The van der Waals surface area contributed by atoms with E-state index >= 15 is 0 Å². The Labute approximate surface area is 158 Å². The van der Waals surface area contributed by atoms with E-state index in [0.717, 1.165) is 22.6 Å². The fourth-order valence-electron chi connectivity index (χ4n) is 2.56. The Morgan fingerprint density at radius 2 is 1.78 bits per heavy atom. The number of hydrogen-bond acceptors (Lipinski definition) is 5. The topological polar surface area (TPSA) is 86.5 Å². The van der Waals surface area contributed by atoms with Crippen molar-refractivity contribution in [3.8, 4) is 11.5 Å². The van der Waals surface area contributed by atoms with E-state index in [1.165, 1.54) is 0 Å². The minimum absolute atomic E-state index is 0.213. The highest BCUT2D eigenvalue weighted by molar-refractivity contribution is 5.98. The summed E-state index contributed by atoms with van der Waals surface area (Å²) in [6.45, 7) is 0.794. The number of pyridine rings is 1. The summed E-state index contributed by atoms with van der Waals surface area (Å²) in [5, 5.41) is 2.84. The first kappa shape index (κ1) is 18.3. The fourth-order valence-corrected chi connectivity index (χ4v) is 2.56. The van der Waals surface area contributed by atoms with Crippen LogP contribution in [0.2, 0.25) is 0 Å². The molecule has 3 aromatic rings. The van der Waals surface area contributed by atoms with Crippen LogP contribution in [0.25, 0.3) is 0 Å². The summed E-state index contributed by atoms with van der Waals surface area (Å²) in [6.07, 6.45) is 1.55. The number of nitrogens with two attached hydrogens (primary N) is 1. The molecule has 2 aromatic carbocycles. The predicted octanol–water partition coefficient (Wildman–Crippen LogP) is 3.18. The molecule has 0 unspecified atom stereocenters. The SMILES string of the molecule is COc1cccc(COc2cccc(CNC(=O)c3cccnc3N)c2)c1. The Kier molecular flexibility index (Phi) is 5.89. The van der Waals surface area contributed by atoms with Crippen LogP contribution in [0.4, 0.5) is 5.82 Å². The minimum Gasteiger partial charge on any atom is -0.497 e. The van der Waals surface area contributed by atoms with Crippen molar-refractivity contribution in [1.82, 2.24) is 10.3 Å². The zero-order valence-electron chi connectivity index (χ0n) is 15.0. The number of benzene rings is 2. The molecule has 0 atom stereocenters. The molecule has 1 aromatic heterocycles.